The highest BCUT2D eigenvalue weighted by Gasteiger charge is 2.18. The first-order valence-electron chi connectivity index (χ1n) is 9.52. The molecule has 4 heterocycles. The maximum atomic E-state index is 12.2. The van der Waals surface area contributed by atoms with Crippen LogP contribution in [0.2, 0.25) is 0 Å². The lowest BCUT2D eigenvalue weighted by Crippen LogP contribution is -2.47. The minimum atomic E-state index is -0.0748. The van der Waals surface area contributed by atoms with Crippen molar-refractivity contribution in [2.75, 3.05) is 32.7 Å². The second-order valence-corrected chi connectivity index (χ2v) is 7.05. The topological polar surface area (TPSA) is 80.3 Å². The summed E-state index contributed by atoms with van der Waals surface area (Å²) in [6.45, 7) is 8.13. The Kier molecular flexibility index (Phi) is 5.59. The molecular formula is C20H24N6O2. The molecule has 0 unspecified atom stereocenters. The average molecular weight is 380 g/mol. The Bertz CT molecular complexity index is 960. The highest BCUT2D eigenvalue weighted by molar-refractivity contribution is 5.56. The van der Waals surface area contributed by atoms with Crippen LogP contribution in [0.5, 0.6) is 0 Å². The number of aromatic nitrogens is 4. The maximum absolute atomic E-state index is 12.2. The summed E-state index contributed by atoms with van der Waals surface area (Å²) in [5, 5.41) is 8.36. The van der Waals surface area contributed by atoms with Crippen molar-refractivity contribution in [3.8, 4) is 11.3 Å². The molecule has 0 N–H and O–H groups in total. The molecule has 0 amide bonds. The van der Waals surface area contributed by atoms with Gasteiger partial charge in [-0.1, -0.05) is 5.16 Å². The van der Waals surface area contributed by atoms with Gasteiger partial charge in [-0.25, -0.2) is 4.68 Å². The molecule has 8 nitrogen and oxygen atoms in total. The van der Waals surface area contributed by atoms with Crippen LogP contribution in [-0.2, 0) is 13.1 Å². The third kappa shape index (κ3) is 4.35. The largest absolute Gasteiger partial charge is 0.361 e. The molecule has 1 aliphatic rings. The number of aryl methyl sites for hydroxylation is 1. The van der Waals surface area contributed by atoms with E-state index in [1.165, 1.54) is 0 Å². The molecule has 28 heavy (non-hydrogen) atoms. The van der Waals surface area contributed by atoms with Gasteiger partial charge in [0.1, 0.15) is 5.76 Å². The van der Waals surface area contributed by atoms with Gasteiger partial charge in [0, 0.05) is 68.9 Å². The van der Waals surface area contributed by atoms with Gasteiger partial charge < -0.3 is 4.52 Å². The molecule has 0 saturated carbocycles. The molecule has 146 valence electrons. The van der Waals surface area contributed by atoms with E-state index in [1.807, 2.05) is 19.1 Å². The van der Waals surface area contributed by atoms with Crippen molar-refractivity contribution in [2.45, 2.75) is 20.0 Å². The lowest BCUT2D eigenvalue weighted by Gasteiger charge is -2.34. The van der Waals surface area contributed by atoms with Crippen molar-refractivity contribution in [1.82, 2.24) is 29.7 Å². The van der Waals surface area contributed by atoms with Crippen molar-refractivity contribution in [3.63, 3.8) is 0 Å². The van der Waals surface area contributed by atoms with Crippen LogP contribution < -0.4 is 5.56 Å². The van der Waals surface area contributed by atoms with Crippen LogP contribution in [-0.4, -0.2) is 62.4 Å². The van der Waals surface area contributed by atoms with Crippen LogP contribution in [0.25, 0.3) is 11.3 Å². The minimum absolute atomic E-state index is 0.0748. The Labute approximate surface area is 163 Å². The van der Waals surface area contributed by atoms with E-state index in [1.54, 1.807) is 35.4 Å². The van der Waals surface area contributed by atoms with Crippen molar-refractivity contribution in [3.05, 3.63) is 64.5 Å². The van der Waals surface area contributed by atoms with Gasteiger partial charge in [-0.15, -0.1) is 0 Å². The molecule has 0 aliphatic carbocycles. The first kappa shape index (κ1) is 18.5. The zero-order valence-electron chi connectivity index (χ0n) is 16.0. The Hall–Kier alpha value is -2.84. The zero-order chi connectivity index (χ0) is 19.3. The van der Waals surface area contributed by atoms with Gasteiger partial charge in [-0.2, -0.15) is 5.10 Å². The summed E-state index contributed by atoms with van der Waals surface area (Å²) in [6, 6.07) is 7.14. The zero-order valence-corrected chi connectivity index (χ0v) is 16.0. The van der Waals surface area contributed by atoms with Crippen molar-refractivity contribution < 1.29 is 4.52 Å². The van der Waals surface area contributed by atoms with E-state index in [9.17, 15) is 4.79 Å². The molecule has 4 rings (SSSR count). The number of rotatable bonds is 6. The molecule has 0 spiro atoms. The number of hydrogen-bond acceptors (Lipinski definition) is 7. The van der Waals surface area contributed by atoms with Gasteiger partial charge in [-0.05, 0) is 25.1 Å². The number of hydrogen-bond donors (Lipinski definition) is 0. The van der Waals surface area contributed by atoms with E-state index >= 15 is 0 Å². The molecule has 1 fully saturated rings. The molecule has 0 aromatic carbocycles. The molecule has 1 aliphatic heterocycles. The lowest BCUT2D eigenvalue weighted by atomic mass is 10.2. The second-order valence-electron chi connectivity index (χ2n) is 7.05. The molecule has 0 radical (unpaired) electrons. The molecular weight excluding hydrogens is 356 g/mol. The first-order chi connectivity index (χ1) is 13.7. The standard InChI is InChI=1S/C20H24N6O2/c1-16-18(14-22-28-16)15-25-9-7-24(8-10-25)11-12-26-20(27)5-4-19(23-26)17-3-2-6-21-13-17/h2-6,13-14H,7-12,15H2,1H3. The van der Waals surface area contributed by atoms with Crippen LogP contribution in [0.4, 0.5) is 0 Å². The predicted octanol–water partition coefficient (Wildman–Crippen LogP) is 1.42. The third-order valence-corrected chi connectivity index (χ3v) is 5.16. The van der Waals surface area contributed by atoms with Crippen LogP contribution in [0.3, 0.4) is 0 Å². The quantitative estimate of drug-likeness (QED) is 0.640. The summed E-state index contributed by atoms with van der Waals surface area (Å²) in [4.78, 5) is 21.1. The van der Waals surface area contributed by atoms with Gasteiger partial charge in [0.2, 0.25) is 0 Å². The van der Waals surface area contributed by atoms with Crippen molar-refractivity contribution in [2.24, 2.45) is 0 Å². The lowest BCUT2D eigenvalue weighted by molar-refractivity contribution is 0.122. The fourth-order valence-electron chi connectivity index (χ4n) is 3.40. The average Bonchev–Trinajstić information content (AvgIpc) is 3.13. The van der Waals surface area contributed by atoms with Crippen molar-refractivity contribution in [1.29, 1.82) is 0 Å². The van der Waals surface area contributed by atoms with E-state index in [-0.39, 0.29) is 5.56 Å². The van der Waals surface area contributed by atoms with E-state index < -0.39 is 0 Å². The van der Waals surface area contributed by atoms with E-state index in [2.05, 4.69) is 25.0 Å². The molecule has 3 aromatic heterocycles. The Morgan fingerprint density at radius 2 is 1.86 bits per heavy atom. The van der Waals surface area contributed by atoms with E-state index in [0.717, 1.165) is 61.8 Å². The fourth-order valence-corrected chi connectivity index (χ4v) is 3.40. The summed E-state index contributed by atoms with van der Waals surface area (Å²) in [6.07, 6.45) is 5.28. The SMILES string of the molecule is Cc1oncc1CN1CCN(CCn2nc(-c3cccnc3)ccc2=O)CC1. The molecule has 1 saturated heterocycles. The third-order valence-electron chi connectivity index (χ3n) is 5.16. The molecule has 3 aromatic rings. The fraction of sp³-hybridized carbons (Fsp3) is 0.400. The number of pyridine rings is 1. The Morgan fingerprint density at radius 1 is 1.04 bits per heavy atom. The predicted molar refractivity (Wildman–Crippen MR) is 105 cm³/mol. The van der Waals surface area contributed by atoms with Gasteiger partial charge in [-0.3, -0.25) is 19.6 Å². The van der Waals surface area contributed by atoms with Crippen LogP contribution in [0.1, 0.15) is 11.3 Å². The number of nitrogens with zero attached hydrogens (tertiary/aromatic N) is 6. The molecule has 0 bridgehead atoms. The molecule has 0 atom stereocenters. The van der Waals surface area contributed by atoms with Crippen LogP contribution in [0, 0.1) is 6.92 Å². The monoisotopic (exact) mass is 380 g/mol. The van der Waals surface area contributed by atoms with Gasteiger partial charge >= 0.3 is 0 Å². The first-order valence-corrected chi connectivity index (χ1v) is 9.52. The summed E-state index contributed by atoms with van der Waals surface area (Å²) >= 11 is 0. The van der Waals surface area contributed by atoms with Gasteiger partial charge in [0.05, 0.1) is 18.4 Å². The van der Waals surface area contributed by atoms with E-state index in [0.29, 0.717) is 6.54 Å². The summed E-state index contributed by atoms with van der Waals surface area (Å²) in [5.41, 5.74) is 2.75. The van der Waals surface area contributed by atoms with Crippen LogP contribution >= 0.6 is 0 Å². The van der Waals surface area contributed by atoms with Crippen LogP contribution in [0.15, 0.2) is 52.2 Å². The van der Waals surface area contributed by atoms with Crippen molar-refractivity contribution >= 4 is 0 Å². The Balaban J connectivity index is 1.32. The number of piperazine rings is 1. The summed E-state index contributed by atoms with van der Waals surface area (Å²) in [7, 11) is 0. The Morgan fingerprint density at radius 3 is 2.57 bits per heavy atom. The highest BCUT2D eigenvalue weighted by atomic mass is 16.5. The smallest absolute Gasteiger partial charge is 0.266 e. The second kappa shape index (κ2) is 8.45. The minimum Gasteiger partial charge on any atom is -0.361 e. The van der Waals surface area contributed by atoms with E-state index in [4.69, 9.17) is 4.52 Å². The summed E-state index contributed by atoms with van der Waals surface area (Å²) < 4.78 is 6.69. The summed E-state index contributed by atoms with van der Waals surface area (Å²) in [5.74, 6) is 0.890. The molecule has 8 heteroatoms. The maximum Gasteiger partial charge on any atom is 0.266 e. The normalized spacial score (nSPS) is 15.8. The van der Waals surface area contributed by atoms with Gasteiger partial charge in [0.25, 0.3) is 5.56 Å². The van der Waals surface area contributed by atoms with Gasteiger partial charge in [0.15, 0.2) is 0 Å². The highest BCUT2D eigenvalue weighted by Crippen LogP contribution is 2.13.